The second-order valence-corrected chi connectivity index (χ2v) is 9.31. The van der Waals surface area contributed by atoms with Gasteiger partial charge in [0.15, 0.2) is 5.82 Å². The fraction of sp³-hybridized carbons (Fsp3) is 0.412. The number of aromatic nitrogens is 5. The van der Waals surface area contributed by atoms with Gasteiger partial charge in [-0.2, -0.15) is 19.0 Å². The van der Waals surface area contributed by atoms with E-state index in [9.17, 15) is 4.21 Å². The number of benzene rings is 1. The number of anilines is 1. The predicted octanol–water partition coefficient (Wildman–Crippen LogP) is 1.79. The highest BCUT2D eigenvalue weighted by Gasteiger charge is 2.22. The van der Waals surface area contributed by atoms with Crippen molar-refractivity contribution >= 4 is 32.4 Å². The van der Waals surface area contributed by atoms with E-state index in [0.717, 1.165) is 11.0 Å². The summed E-state index contributed by atoms with van der Waals surface area (Å²) in [6.45, 7) is 4.03. The van der Waals surface area contributed by atoms with Crippen molar-refractivity contribution in [3.8, 4) is 5.95 Å². The molecule has 0 saturated carbocycles. The Labute approximate surface area is 157 Å². The van der Waals surface area contributed by atoms with Gasteiger partial charge in [0.2, 0.25) is 0 Å². The molecule has 1 atom stereocenters. The number of nitrogens with zero attached hydrogens (tertiary/aromatic N) is 7. The normalized spacial score (nSPS) is 18.0. The highest BCUT2D eigenvalue weighted by molar-refractivity contribution is 7.92. The molecule has 2 aromatic heterocycles. The number of hydrogen-bond donors (Lipinski definition) is 0. The Morgan fingerprint density at radius 2 is 2.07 bits per heavy atom. The standard InChI is InChI=1S/C17H21N7O2S/c1-12-11-26-9-8-23(12)16-10-15(21-27(2,3)25)18-17(19-16)24-14-7-5-4-6-13(14)20-22-24/h4-7,10,12H,8-9,11H2,1-3H3/t12-/m1/s1. The van der Waals surface area contributed by atoms with Gasteiger partial charge in [0.1, 0.15) is 11.3 Å². The zero-order valence-corrected chi connectivity index (χ0v) is 16.3. The van der Waals surface area contributed by atoms with Crippen molar-refractivity contribution in [3.63, 3.8) is 0 Å². The lowest BCUT2D eigenvalue weighted by Gasteiger charge is -2.34. The van der Waals surface area contributed by atoms with E-state index >= 15 is 0 Å². The fourth-order valence-electron chi connectivity index (χ4n) is 3.01. The van der Waals surface area contributed by atoms with Crippen LogP contribution in [-0.4, -0.2) is 67.5 Å². The van der Waals surface area contributed by atoms with Crippen molar-refractivity contribution in [3.05, 3.63) is 30.3 Å². The third kappa shape index (κ3) is 3.76. The fourth-order valence-corrected chi connectivity index (χ4v) is 3.55. The third-order valence-electron chi connectivity index (χ3n) is 4.20. The van der Waals surface area contributed by atoms with Gasteiger partial charge in [-0.25, -0.2) is 4.21 Å². The average Bonchev–Trinajstić information content (AvgIpc) is 3.04. The largest absolute Gasteiger partial charge is 0.377 e. The Kier molecular flexibility index (Phi) is 4.52. The van der Waals surface area contributed by atoms with Crippen LogP contribution in [0.2, 0.25) is 0 Å². The van der Waals surface area contributed by atoms with Crippen molar-refractivity contribution in [1.29, 1.82) is 0 Å². The molecule has 9 nitrogen and oxygen atoms in total. The van der Waals surface area contributed by atoms with Crippen molar-refractivity contribution in [2.24, 2.45) is 4.36 Å². The lowest BCUT2D eigenvalue weighted by molar-refractivity contribution is 0.0985. The topological polar surface area (TPSA) is 98.4 Å². The Balaban J connectivity index is 1.89. The van der Waals surface area contributed by atoms with E-state index in [1.54, 1.807) is 23.3 Å². The Hall–Kier alpha value is -2.59. The third-order valence-corrected chi connectivity index (χ3v) is 4.83. The summed E-state index contributed by atoms with van der Waals surface area (Å²) in [5.41, 5.74) is 1.55. The highest BCUT2D eigenvalue weighted by Crippen LogP contribution is 2.25. The Morgan fingerprint density at radius 1 is 1.26 bits per heavy atom. The van der Waals surface area contributed by atoms with Crippen LogP contribution in [0.15, 0.2) is 34.7 Å². The summed E-state index contributed by atoms with van der Waals surface area (Å²) in [5.74, 6) is 1.42. The lowest BCUT2D eigenvalue weighted by Crippen LogP contribution is -2.44. The minimum atomic E-state index is -2.37. The molecule has 1 aliphatic rings. The molecular weight excluding hydrogens is 366 g/mol. The van der Waals surface area contributed by atoms with Gasteiger partial charge in [0.25, 0.3) is 5.95 Å². The quantitative estimate of drug-likeness (QED) is 0.676. The minimum absolute atomic E-state index is 0.162. The predicted molar refractivity (Wildman–Crippen MR) is 104 cm³/mol. The number of hydrogen-bond acceptors (Lipinski definition) is 8. The molecule has 1 saturated heterocycles. The first-order valence-corrected chi connectivity index (χ1v) is 11.0. The van der Waals surface area contributed by atoms with Crippen molar-refractivity contribution in [2.75, 3.05) is 37.2 Å². The van der Waals surface area contributed by atoms with E-state index < -0.39 is 9.73 Å². The van der Waals surface area contributed by atoms with Crippen LogP contribution in [0.3, 0.4) is 0 Å². The number of ether oxygens (including phenoxy) is 1. The second-order valence-electron chi connectivity index (χ2n) is 6.76. The van der Waals surface area contributed by atoms with Crippen LogP contribution < -0.4 is 4.90 Å². The van der Waals surface area contributed by atoms with Crippen LogP contribution in [0.25, 0.3) is 17.0 Å². The van der Waals surface area contributed by atoms with Gasteiger partial charge in [-0.05, 0) is 19.1 Å². The second kappa shape index (κ2) is 6.86. The van der Waals surface area contributed by atoms with Gasteiger partial charge in [-0.3, -0.25) is 0 Å². The Morgan fingerprint density at radius 3 is 2.85 bits per heavy atom. The molecule has 1 fully saturated rings. The molecule has 3 heterocycles. The zero-order valence-electron chi connectivity index (χ0n) is 15.4. The van der Waals surface area contributed by atoms with E-state index in [4.69, 9.17) is 9.72 Å². The van der Waals surface area contributed by atoms with E-state index in [-0.39, 0.29) is 6.04 Å². The number of para-hydroxylation sites is 1. The number of morpholine rings is 1. The average molecular weight is 387 g/mol. The molecule has 1 aliphatic heterocycles. The van der Waals surface area contributed by atoms with Gasteiger partial charge in [0.05, 0.1) is 24.8 Å². The summed E-state index contributed by atoms with van der Waals surface area (Å²) in [6.07, 6.45) is 3.16. The molecule has 0 unspecified atom stereocenters. The van der Waals surface area contributed by atoms with Crippen LogP contribution >= 0.6 is 0 Å². The first kappa shape index (κ1) is 17.8. The van der Waals surface area contributed by atoms with Gasteiger partial charge in [0, 0.05) is 34.9 Å². The van der Waals surface area contributed by atoms with E-state index in [0.29, 0.717) is 37.3 Å². The molecular formula is C17H21N7O2S. The first-order valence-electron chi connectivity index (χ1n) is 8.62. The molecule has 142 valence electrons. The summed E-state index contributed by atoms with van der Waals surface area (Å²) in [6, 6.07) is 9.52. The summed E-state index contributed by atoms with van der Waals surface area (Å²) >= 11 is 0. The molecule has 1 aromatic carbocycles. The van der Waals surface area contributed by atoms with Crippen molar-refractivity contribution in [2.45, 2.75) is 13.0 Å². The Bertz CT molecular complexity index is 1100. The minimum Gasteiger partial charge on any atom is -0.377 e. The molecule has 27 heavy (non-hydrogen) atoms. The first-order chi connectivity index (χ1) is 12.9. The van der Waals surface area contributed by atoms with Crippen LogP contribution in [0.5, 0.6) is 0 Å². The maximum atomic E-state index is 12.2. The monoisotopic (exact) mass is 387 g/mol. The van der Waals surface area contributed by atoms with Crippen LogP contribution in [0, 0.1) is 0 Å². The maximum Gasteiger partial charge on any atom is 0.256 e. The van der Waals surface area contributed by atoms with Gasteiger partial charge in [-0.1, -0.05) is 17.3 Å². The molecule has 3 aromatic rings. The maximum absolute atomic E-state index is 12.2. The summed E-state index contributed by atoms with van der Waals surface area (Å²) in [5, 5.41) is 8.36. The molecule has 0 spiro atoms. The van der Waals surface area contributed by atoms with E-state index in [2.05, 4.69) is 31.5 Å². The van der Waals surface area contributed by atoms with E-state index in [1.165, 1.54) is 0 Å². The molecule has 4 rings (SSSR count). The molecule has 0 N–H and O–H groups in total. The smallest absolute Gasteiger partial charge is 0.256 e. The molecule has 0 radical (unpaired) electrons. The molecule has 10 heteroatoms. The molecule has 0 bridgehead atoms. The number of fused-ring (bicyclic) bond motifs is 1. The van der Waals surface area contributed by atoms with Gasteiger partial charge >= 0.3 is 0 Å². The summed E-state index contributed by atoms with van der Waals surface area (Å²) in [7, 11) is -2.37. The lowest BCUT2D eigenvalue weighted by atomic mass is 10.2. The van der Waals surface area contributed by atoms with Crippen molar-refractivity contribution in [1.82, 2.24) is 25.0 Å². The van der Waals surface area contributed by atoms with Crippen molar-refractivity contribution < 1.29 is 8.95 Å². The zero-order chi connectivity index (χ0) is 19.0. The summed E-state index contributed by atoms with van der Waals surface area (Å²) < 4.78 is 23.6. The number of rotatable bonds is 3. The molecule has 0 aliphatic carbocycles. The summed E-state index contributed by atoms with van der Waals surface area (Å²) in [4.78, 5) is 11.3. The highest BCUT2D eigenvalue weighted by atomic mass is 32.2. The SMILES string of the molecule is C[C@@H]1COCCN1c1cc(N=S(C)(C)=O)nc(-n2nnc3ccccc32)n1. The van der Waals surface area contributed by atoms with Crippen LogP contribution in [-0.2, 0) is 14.5 Å². The van der Waals surface area contributed by atoms with E-state index in [1.807, 2.05) is 24.3 Å². The van der Waals surface area contributed by atoms with Gasteiger partial charge < -0.3 is 9.64 Å². The molecule has 0 amide bonds. The van der Waals surface area contributed by atoms with Crippen LogP contribution in [0.1, 0.15) is 6.92 Å². The van der Waals surface area contributed by atoms with Crippen LogP contribution in [0.4, 0.5) is 11.6 Å². The van der Waals surface area contributed by atoms with Gasteiger partial charge in [-0.15, -0.1) is 5.10 Å².